The van der Waals surface area contributed by atoms with Crippen LogP contribution in [0.2, 0.25) is 0 Å². The van der Waals surface area contributed by atoms with Gasteiger partial charge in [0.25, 0.3) is 0 Å². The second kappa shape index (κ2) is 51.9. The van der Waals surface area contributed by atoms with Crippen molar-refractivity contribution in [1.82, 2.24) is 0 Å². The zero-order chi connectivity index (χ0) is 44.9. The molecule has 0 heterocycles. The maximum atomic E-state index is 12.7. The minimum atomic E-state index is -0.609. The van der Waals surface area contributed by atoms with Crippen LogP contribution in [0.3, 0.4) is 0 Å². The van der Waals surface area contributed by atoms with Crippen molar-refractivity contribution in [3.63, 3.8) is 0 Å². The molecule has 62 heavy (non-hydrogen) atoms. The fourth-order valence-corrected chi connectivity index (χ4v) is 6.59. The first kappa shape index (κ1) is 58.6. The minimum absolute atomic E-state index is 0.0126. The zero-order valence-electron chi connectivity index (χ0n) is 40.3. The van der Waals surface area contributed by atoms with Gasteiger partial charge in [0.2, 0.25) is 0 Å². The van der Waals surface area contributed by atoms with Crippen molar-refractivity contribution in [2.45, 2.75) is 219 Å². The van der Waals surface area contributed by atoms with Gasteiger partial charge in [0.1, 0.15) is 6.61 Å². The summed E-state index contributed by atoms with van der Waals surface area (Å²) in [4.78, 5) is 25.3. The number of carbonyl (C=O) groups excluding carboxylic acids is 2. The Morgan fingerprint density at radius 1 is 0.371 bits per heavy atom. The summed E-state index contributed by atoms with van der Waals surface area (Å²) in [5.74, 6) is -0.591. The summed E-state index contributed by atoms with van der Waals surface area (Å²) in [5, 5.41) is 0. The molecular formula is C57H94O5. The lowest BCUT2D eigenvalue weighted by atomic mass is 10.1. The second-order valence-corrected chi connectivity index (χ2v) is 16.3. The highest BCUT2D eigenvalue weighted by Crippen LogP contribution is 2.13. The predicted molar refractivity (Wildman–Crippen MR) is 269 cm³/mol. The van der Waals surface area contributed by atoms with E-state index in [0.29, 0.717) is 25.9 Å². The Morgan fingerprint density at radius 2 is 0.726 bits per heavy atom. The van der Waals surface area contributed by atoms with Crippen LogP contribution >= 0.6 is 0 Å². The van der Waals surface area contributed by atoms with Crippen LogP contribution in [0, 0.1) is 0 Å². The lowest BCUT2D eigenvalue weighted by Crippen LogP contribution is -2.30. The largest absolute Gasteiger partial charge is 0.462 e. The standard InChI is InChI=1S/C57H94O5/c1-4-7-10-13-16-19-22-25-26-27-28-29-30-31-34-37-40-43-46-49-52-60-53-55(62-57(59)51-48-45-42-39-36-33-24-21-18-15-12-9-6-3)54-61-56(58)50-47-44-41-38-35-32-23-20-17-14-11-8-5-2/h8-9,11-12,17-18,20-21,25-26,32-33,35-36,41-42,44-45,55H,4-7,10,13-16,19,22-24,27-31,34,37-40,43,46-54H2,1-3H3/b11-8-,12-9-,20-17-,21-18-,26-25-,35-32-,36-33-,44-41-,45-42-. The molecule has 0 aliphatic rings. The first-order valence-electron chi connectivity index (χ1n) is 25.4. The summed E-state index contributed by atoms with van der Waals surface area (Å²) in [5.41, 5.74) is 0. The summed E-state index contributed by atoms with van der Waals surface area (Å²) in [7, 11) is 0. The van der Waals surface area contributed by atoms with Gasteiger partial charge in [-0.25, -0.2) is 0 Å². The zero-order valence-corrected chi connectivity index (χ0v) is 40.3. The topological polar surface area (TPSA) is 61.8 Å². The molecule has 0 aromatic heterocycles. The van der Waals surface area contributed by atoms with E-state index in [4.69, 9.17) is 14.2 Å². The van der Waals surface area contributed by atoms with Crippen LogP contribution in [-0.2, 0) is 23.8 Å². The van der Waals surface area contributed by atoms with E-state index in [1.54, 1.807) is 0 Å². The molecule has 0 aromatic rings. The van der Waals surface area contributed by atoms with Crippen molar-refractivity contribution in [2.75, 3.05) is 19.8 Å². The Labute approximate surface area is 383 Å². The average Bonchev–Trinajstić information content (AvgIpc) is 3.27. The maximum Gasteiger partial charge on any atom is 0.306 e. The number of rotatable bonds is 45. The van der Waals surface area contributed by atoms with Gasteiger partial charge < -0.3 is 14.2 Å². The van der Waals surface area contributed by atoms with Crippen molar-refractivity contribution in [3.05, 3.63) is 109 Å². The van der Waals surface area contributed by atoms with E-state index in [1.807, 2.05) is 12.2 Å². The van der Waals surface area contributed by atoms with Gasteiger partial charge in [0.15, 0.2) is 6.10 Å². The number of carbonyl (C=O) groups is 2. The van der Waals surface area contributed by atoms with E-state index in [0.717, 1.165) is 64.2 Å². The summed E-state index contributed by atoms with van der Waals surface area (Å²) in [6, 6.07) is 0. The number of esters is 2. The highest BCUT2D eigenvalue weighted by molar-refractivity contribution is 5.70. The van der Waals surface area contributed by atoms with Crippen molar-refractivity contribution in [3.8, 4) is 0 Å². The first-order chi connectivity index (χ1) is 30.6. The molecule has 0 radical (unpaired) electrons. The quantitative estimate of drug-likeness (QED) is 0.0347. The number of ether oxygens (including phenoxy) is 3. The molecule has 1 atom stereocenters. The fraction of sp³-hybridized carbons (Fsp3) is 0.649. The van der Waals surface area contributed by atoms with Crippen LogP contribution < -0.4 is 0 Å². The summed E-state index contributed by atoms with van der Waals surface area (Å²) < 4.78 is 17.2. The number of hydrogen-bond acceptors (Lipinski definition) is 5. The molecule has 0 aliphatic carbocycles. The predicted octanol–water partition coefficient (Wildman–Crippen LogP) is 17.2. The Bertz CT molecular complexity index is 1250. The van der Waals surface area contributed by atoms with Crippen LogP contribution in [0.5, 0.6) is 0 Å². The molecular weight excluding hydrogens is 765 g/mol. The lowest BCUT2D eigenvalue weighted by Gasteiger charge is -2.18. The maximum absolute atomic E-state index is 12.7. The lowest BCUT2D eigenvalue weighted by molar-refractivity contribution is -0.162. The SMILES string of the molecule is CC/C=C\C/C=C\C/C=C\C/C=C\CCC(=O)OCC(COCCCCCCCCCCCC/C=C\CCCCCCCC)OC(=O)CC/C=C\C/C=C\C/C=C\C/C=C\CC. The third-order valence-electron chi connectivity index (χ3n) is 10.3. The molecule has 0 rings (SSSR count). The Morgan fingerprint density at radius 3 is 1.16 bits per heavy atom. The van der Waals surface area contributed by atoms with Gasteiger partial charge in [0, 0.05) is 19.4 Å². The molecule has 0 N–H and O–H groups in total. The Kier molecular flexibility index (Phi) is 49.0. The van der Waals surface area contributed by atoms with Gasteiger partial charge in [-0.1, -0.05) is 214 Å². The molecule has 0 saturated heterocycles. The van der Waals surface area contributed by atoms with Crippen LogP contribution in [0.4, 0.5) is 0 Å². The van der Waals surface area contributed by atoms with Crippen molar-refractivity contribution in [1.29, 1.82) is 0 Å². The molecule has 0 spiro atoms. The normalized spacial score (nSPS) is 13.1. The van der Waals surface area contributed by atoms with Gasteiger partial charge in [-0.15, -0.1) is 0 Å². The molecule has 0 amide bonds. The monoisotopic (exact) mass is 859 g/mol. The number of unbranched alkanes of at least 4 members (excludes halogenated alkanes) is 16. The van der Waals surface area contributed by atoms with Crippen molar-refractivity contribution >= 4 is 11.9 Å². The molecule has 5 heteroatoms. The van der Waals surface area contributed by atoms with E-state index in [1.165, 1.54) is 103 Å². The fourth-order valence-electron chi connectivity index (χ4n) is 6.59. The second-order valence-electron chi connectivity index (χ2n) is 16.3. The van der Waals surface area contributed by atoms with E-state index in [-0.39, 0.29) is 31.6 Å². The molecule has 0 aromatic carbocycles. The van der Waals surface area contributed by atoms with Crippen molar-refractivity contribution in [2.24, 2.45) is 0 Å². The van der Waals surface area contributed by atoms with E-state index in [9.17, 15) is 9.59 Å². The molecule has 0 fully saturated rings. The van der Waals surface area contributed by atoms with Crippen LogP contribution in [0.25, 0.3) is 0 Å². The number of hydrogen-bond donors (Lipinski definition) is 0. The average molecular weight is 859 g/mol. The van der Waals surface area contributed by atoms with Gasteiger partial charge >= 0.3 is 11.9 Å². The summed E-state index contributed by atoms with van der Waals surface area (Å²) in [6.07, 6.45) is 71.3. The van der Waals surface area contributed by atoms with Crippen molar-refractivity contribution < 1.29 is 23.8 Å². The van der Waals surface area contributed by atoms with Crippen LogP contribution in [0.15, 0.2) is 109 Å². The first-order valence-corrected chi connectivity index (χ1v) is 25.4. The minimum Gasteiger partial charge on any atom is -0.462 e. The smallest absolute Gasteiger partial charge is 0.306 e. The molecule has 5 nitrogen and oxygen atoms in total. The van der Waals surface area contributed by atoms with Gasteiger partial charge in [-0.05, 0) is 96.3 Å². The van der Waals surface area contributed by atoms with Crippen LogP contribution in [0.1, 0.15) is 213 Å². The highest BCUT2D eigenvalue weighted by Gasteiger charge is 2.17. The molecule has 352 valence electrons. The van der Waals surface area contributed by atoms with Crippen LogP contribution in [-0.4, -0.2) is 37.9 Å². The van der Waals surface area contributed by atoms with Gasteiger partial charge in [-0.2, -0.15) is 0 Å². The van der Waals surface area contributed by atoms with Gasteiger partial charge in [-0.3, -0.25) is 9.59 Å². The number of allylic oxidation sites excluding steroid dienone is 18. The Hall–Kier alpha value is -3.44. The molecule has 0 aliphatic heterocycles. The summed E-state index contributed by atoms with van der Waals surface area (Å²) in [6.45, 7) is 7.42. The third kappa shape index (κ3) is 49.2. The molecule has 0 saturated carbocycles. The highest BCUT2D eigenvalue weighted by atomic mass is 16.6. The van der Waals surface area contributed by atoms with E-state index in [2.05, 4.69) is 118 Å². The summed E-state index contributed by atoms with van der Waals surface area (Å²) >= 11 is 0. The molecule has 0 bridgehead atoms. The Balaban J connectivity index is 4.38. The van der Waals surface area contributed by atoms with E-state index < -0.39 is 6.10 Å². The molecule has 1 unspecified atom stereocenters. The van der Waals surface area contributed by atoms with Gasteiger partial charge in [0.05, 0.1) is 6.61 Å². The third-order valence-corrected chi connectivity index (χ3v) is 10.3. The van der Waals surface area contributed by atoms with E-state index >= 15 is 0 Å².